The summed E-state index contributed by atoms with van der Waals surface area (Å²) in [7, 11) is 0. The van der Waals surface area contributed by atoms with Crippen molar-refractivity contribution < 1.29 is 19.1 Å². The predicted octanol–water partition coefficient (Wildman–Crippen LogP) is 5.53. The summed E-state index contributed by atoms with van der Waals surface area (Å²) in [5.41, 5.74) is 3.55. The van der Waals surface area contributed by atoms with Gasteiger partial charge in [-0.2, -0.15) is 0 Å². The molecule has 0 fully saturated rings. The fraction of sp³-hybridized carbons (Fsp3) is 0.300. The number of anilines is 1. The van der Waals surface area contributed by atoms with Crippen LogP contribution in [0.25, 0.3) is 11.0 Å². The molecule has 3 aromatic carbocycles. The fourth-order valence-corrected chi connectivity index (χ4v) is 4.88. The Bertz CT molecular complexity index is 1380. The number of esters is 1. The maximum absolute atomic E-state index is 13.8. The van der Waals surface area contributed by atoms with Crippen LogP contribution >= 0.6 is 0 Å². The number of nitrogens with zero attached hydrogens (tertiary/aromatic N) is 3. The molecule has 0 spiro atoms. The quantitative estimate of drug-likeness (QED) is 0.225. The molecule has 0 saturated heterocycles. The molecule has 7 nitrogen and oxygen atoms in total. The van der Waals surface area contributed by atoms with E-state index in [0.29, 0.717) is 24.8 Å². The van der Waals surface area contributed by atoms with Crippen LogP contribution in [-0.2, 0) is 20.9 Å². The lowest BCUT2D eigenvalue weighted by molar-refractivity contribution is -0.153. The van der Waals surface area contributed by atoms with Gasteiger partial charge in [0.25, 0.3) is 0 Å². The van der Waals surface area contributed by atoms with E-state index in [2.05, 4.69) is 6.92 Å². The van der Waals surface area contributed by atoms with E-state index < -0.39 is 17.9 Å². The van der Waals surface area contributed by atoms with Crippen molar-refractivity contribution in [3.05, 3.63) is 90.0 Å². The highest BCUT2D eigenvalue weighted by molar-refractivity contribution is 6.08. The van der Waals surface area contributed by atoms with E-state index in [4.69, 9.17) is 14.5 Å². The number of carbonyl (C=O) groups excluding carboxylic acids is 2. The average molecular weight is 498 g/mol. The molecule has 0 saturated carbocycles. The first-order chi connectivity index (χ1) is 18.1. The molecule has 2 atom stereocenters. The normalized spacial score (nSPS) is 17.0. The van der Waals surface area contributed by atoms with Crippen molar-refractivity contribution in [1.29, 1.82) is 0 Å². The second kappa shape index (κ2) is 10.9. The monoisotopic (exact) mass is 497 g/mol. The van der Waals surface area contributed by atoms with Gasteiger partial charge in [0, 0.05) is 6.54 Å². The van der Waals surface area contributed by atoms with Crippen LogP contribution in [0.5, 0.6) is 5.75 Å². The van der Waals surface area contributed by atoms with Gasteiger partial charge in [-0.15, -0.1) is 0 Å². The van der Waals surface area contributed by atoms with E-state index in [0.717, 1.165) is 35.0 Å². The lowest BCUT2D eigenvalue weighted by atomic mass is 9.89. The molecular weight excluding hydrogens is 466 g/mol. The predicted molar refractivity (Wildman–Crippen MR) is 142 cm³/mol. The molecular formula is C30H31N3O4. The van der Waals surface area contributed by atoms with E-state index in [9.17, 15) is 9.59 Å². The van der Waals surface area contributed by atoms with E-state index in [1.165, 1.54) is 0 Å². The zero-order valence-electron chi connectivity index (χ0n) is 21.2. The van der Waals surface area contributed by atoms with Gasteiger partial charge >= 0.3 is 5.97 Å². The van der Waals surface area contributed by atoms with Crippen LogP contribution in [0.4, 0.5) is 5.95 Å². The van der Waals surface area contributed by atoms with E-state index in [1.807, 2.05) is 83.4 Å². The molecule has 0 unspecified atom stereocenters. The Morgan fingerprint density at radius 3 is 2.41 bits per heavy atom. The van der Waals surface area contributed by atoms with Gasteiger partial charge in [-0.3, -0.25) is 14.5 Å². The Kier molecular flexibility index (Phi) is 7.21. The smallest absolute Gasteiger partial charge is 0.321 e. The van der Waals surface area contributed by atoms with Gasteiger partial charge in [-0.05, 0) is 48.7 Å². The summed E-state index contributed by atoms with van der Waals surface area (Å²) in [5, 5.41) is 0. The van der Waals surface area contributed by atoms with Crippen molar-refractivity contribution in [1.82, 2.24) is 9.55 Å². The number of carbonyl (C=O) groups is 2. The highest BCUT2D eigenvalue weighted by atomic mass is 16.5. The second-order valence-electron chi connectivity index (χ2n) is 9.13. The summed E-state index contributed by atoms with van der Waals surface area (Å²) in [6.07, 6.45) is 1.73. The lowest BCUT2D eigenvalue weighted by Crippen LogP contribution is -2.50. The first kappa shape index (κ1) is 24.6. The highest BCUT2D eigenvalue weighted by Gasteiger charge is 2.47. The third-order valence-electron chi connectivity index (χ3n) is 6.69. The minimum Gasteiger partial charge on any atom is -0.489 e. The topological polar surface area (TPSA) is 73.7 Å². The van der Waals surface area contributed by atoms with Crippen LogP contribution in [-0.4, -0.2) is 34.6 Å². The third kappa shape index (κ3) is 4.81. The standard InChI is InChI=1S/C30H31N3O4/c1-3-5-19-32-28(34)26(29(35)36-4-2)27(33-25-14-10-9-13-24(25)31-30(32)33)22-15-17-23(18-16-22)37-20-21-11-7-6-8-12-21/h6-18,26-27H,3-5,19-20H2,1-2H3/t26-,27+/m1/s1. The van der Waals surface area contributed by atoms with Crippen LogP contribution in [0.1, 0.15) is 43.9 Å². The van der Waals surface area contributed by atoms with E-state index >= 15 is 0 Å². The number of hydrogen-bond donors (Lipinski definition) is 0. The van der Waals surface area contributed by atoms with E-state index in [-0.39, 0.29) is 12.5 Å². The van der Waals surface area contributed by atoms with Crippen LogP contribution in [0.2, 0.25) is 0 Å². The number of para-hydroxylation sites is 2. The first-order valence-corrected chi connectivity index (χ1v) is 12.8. The highest BCUT2D eigenvalue weighted by Crippen LogP contribution is 2.41. The van der Waals surface area contributed by atoms with Gasteiger partial charge in [-0.25, -0.2) is 4.98 Å². The summed E-state index contributed by atoms with van der Waals surface area (Å²) in [4.78, 5) is 33.6. The largest absolute Gasteiger partial charge is 0.489 e. The number of aromatic nitrogens is 2. The van der Waals surface area contributed by atoms with Crippen molar-refractivity contribution in [2.75, 3.05) is 18.1 Å². The average Bonchev–Trinajstić information content (AvgIpc) is 3.31. The molecule has 1 aromatic heterocycles. The Morgan fingerprint density at radius 2 is 1.68 bits per heavy atom. The molecule has 0 bridgehead atoms. The maximum Gasteiger partial charge on any atom is 0.321 e. The zero-order valence-corrected chi connectivity index (χ0v) is 21.2. The van der Waals surface area contributed by atoms with Crippen molar-refractivity contribution in [3.63, 3.8) is 0 Å². The van der Waals surface area contributed by atoms with Crippen molar-refractivity contribution >= 4 is 28.9 Å². The summed E-state index contributed by atoms with van der Waals surface area (Å²) in [6, 6.07) is 24.8. The molecule has 190 valence electrons. The number of fused-ring (bicyclic) bond motifs is 3. The van der Waals surface area contributed by atoms with Crippen molar-refractivity contribution in [2.45, 2.75) is 39.3 Å². The summed E-state index contributed by atoms with van der Waals surface area (Å²) < 4.78 is 13.4. The molecule has 4 aromatic rings. The molecule has 1 amide bonds. The molecule has 5 rings (SSSR count). The number of imidazole rings is 1. The summed E-state index contributed by atoms with van der Waals surface area (Å²) in [6.45, 7) is 4.98. The molecule has 1 aliphatic heterocycles. The Morgan fingerprint density at radius 1 is 0.946 bits per heavy atom. The molecule has 0 aliphatic carbocycles. The van der Waals surface area contributed by atoms with Gasteiger partial charge in [-0.1, -0.05) is 67.9 Å². The molecule has 0 radical (unpaired) electrons. The van der Waals surface area contributed by atoms with Gasteiger partial charge < -0.3 is 14.0 Å². The molecule has 7 heteroatoms. The SMILES string of the molecule is CCCCN1C(=O)[C@H](C(=O)OCC)[C@H](c2ccc(OCc3ccccc3)cc2)n2c1nc1ccccc12. The zero-order chi connectivity index (χ0) is 25.8. The number of amides is 1. The molecule has 37 heavy (non-hydrogen) atoms. The number of rotatable bonds is 9. The Labute approximate surface area is 216 Å². The van der Waals surface area contributed by atoms with Crippen LogP contribution in [0.15, 0.2) is 78.9 Å². The summed E-state index contributed by atoms with van der Waals surface area (Å²) in [5.74, 6) is -0.536. The number of hydrogen-bond acceptors (Lipinski definition) is 5. The van der Waals surface area contributed by atoms with Gasteiger partial charge in [0.2, 0.25) is 11.9 Å². The molecule has 1 aliphatic rings. The van der Waals surface area contributed by atoms with Crippen molar-refractivity contribution in [3.8, 4) is 5.75 Å². The van der Waals surface area contributed by atoms with Gasteiger partial charge in [0.05, 0.1) is 23.7 Å². The van der Waals surface area contributed by atoms with Gasteiger partial charge in [0.1, 0.15) is 12.4 Å². The first-order valence-electron chi connectivity index (χ1n) is 12.8. The maximum atomic E-state index is 13.8. The Balaban J connectivity index is 1.56. The molecule has 0 N–H and O–H groups in total. The number of ether oxygens (including phenoxy) is 2. The van der Waals surface area contributed by atoms with Crippen LogP contribution < -0.4 is 9.64 Å². The summed E-state index contributed by atoms with van der Waals surface area (Å²) >= 11 is 0. The third-order valence-corrected chi connectivity index (χ3v) is 6.69. The fourth-order valence-electron chi connectivity index (χ4n) is 4.88. The Hall–Kier alpha value is -4.13. The minimum absolute atomic E-state index is 0.202. The number of unbranched alkanes of at least 4 members (excludes halogenated alkanes) is 1. The van der Waals surface area contributed by atoms with Crippen LogP contribution in [0, 0.1) is 5.92 Å². The molecule has 2 heterocycles. The lowest BCUT2D eigenvalue weighted by Gasteiger charge is -2.38. The van der Waals surface area contributed by atoms with Crippen LogP contribution in [0.3, 0.4) is 0 Å². The minimum atomic E-state index is -1.02. The second-order valence-corrected chi connectivity index (χ2v) is 9.13. The number of benzene rings is 3. The van der Waals surface area contributed by atoms with E-state index in [1.54, 1.807) is 11.8 Å². The van der Waals surface area contributed by atoms with Crippen molar-refractivity contribution in [2.24, 2.45) is 5.92 Å². The van der Waals surface area contributed by atoms with Gasteiger partial charge in [0.15, 0.2) is 5.92 Å².